The van der Waals surface area contributed by atoms with Gasteiger partial charge in [0.2, 0.25) is 0 Å². The van der Waals surface area contributed by atoms with Crippen molar-refractivity contribution >= 4 is 22.3 Å². The van der Waals surface area contributed by atoms with Gasteiger partial charge in [0, 0.05) is 18.7 Å². The molecule has 0 saturated carbocycles. The third-order valence-electron chi connectivity index (χ3n) is 5.62. The van der Waals surface area contributed by atoms with Gasteiger partial charge < -0.3 is 15.6 Å². The zero-order valence-corrected chi connectivity index (χ0v) is 19.5. The SMILES string of the molecule is C[C@@H](C[C@H](F)Cn1ccc2cc(-c3ncc(F)c(N)n3)c(F)cc2c1=O)Nc1cn[nH]c(=O)c1C(F)(F)F. The predicted molar refractivity (Wildman–Crippen MR) is 126 cm³/mol. The van der Waals surface area contributed by atoms with Gasteiger partial charge in [-0.2, -0.15) is 18.3 Å². The summed E-state index contributed by atoms with van der Waals surface area (Å²) in [5, 5.41) is 7.68. The Morgan fingerprint density at radius 3 is 2.58 bits per heavy atom. The molecule has 0 amide bonds. The molecule has 3 aromatic heterocycles. The molecular weight excluding hydrogens is 520 g/mol. The summed E-state index contributed by atoms with van der Waals surface area (Å²) in [5.41, 5.74) is 1.02. The Labute approximate surface area is 209 Å². The quantitative estimate of drug-likeness (QED) is 0.306. The first-order valence-corrected chi connectivity index (χ1v) is 11.0. The van der Waals surface area contributed by atoms with Crippen molar-refractivity contribution < 1.29 is 26.3 Å². The molecule has 4 rings (SSSR count). The van der Waals surface area contributed by atoms with E-state index in [4.69, 9.17) is 5.73 Å². The molecule has 15 heteroatoms. The fourth-order valence-corrected chi connectivity index (χ4v) is 3.92. The van der Waals surface area contributed by atoms with Crippen molar-refractivity contribution in [2.45, 2.75) is 38.3 Å². The van der Waals surface area contributed by atoms with Gasteiger partial charge in [-0.1, -0.05) is 0 Å². The zero-order chi connectivity index (χ0) is 27.8. The van der Waals surface area contributed by atoms with E-state index in [0.717, 1.165) is 23.0 Å². The number of hydrogen-bond acceptors (Lipinski definition) is 7. The van der Waals surface area contributed by atoms with Crippen molar-refractivity contribution in [3.63, 3.8) is 0 Å². The number of aromatic nitrogens is 5. The van der Waals surface area contributed by atoms with Crippen LogP contribution in [-0.2, 0) is 12.7 Å². The highest BCUT2D eigenvalue weighted by Crippen LogP contribution is 2.32. The highest BCUT2D eigenvalue weighted by molar-refractivity contribution is 5.86. The van der Waals surface area contributed by atoms with Crippen LogP contribution in [0.5, 0.6) is 0 Å². The lowest BCUT2D eigenvalue weighted by Crippen LogP contribution is -2.30. The third kappa shape index (κ3) is 5.45. The maximum Gasteiger partial charge on any atom is 0.423 e. The van der Waals surface area contributed by atoms with E-state index >= 15 is 0 Å². The number of halogens is 6. The Kier molecular flexibility index (Phi) is 7.11. The largest absolute Gasteiger partial charge is 0.423 e. The zero-order valence-electron chi connectivity index (χ0n) is 19.5. The Bertz CT molecular complexity index is 1620. The highest BCUT2D eigenvalue weighted by Gasteiger charge is 2.37. The number of hydrogen-bond donors (Lipinski definition) is 3. The van der Waals surface area contributed by atoms with Crippen LogP contribution in [0.25, 0.3) is 22.2 Å². The van der Waals surface area contributed by atoms with Crippen LogP contribution in [0.1, 0.15) is 18.9 Å². The first-order valence-electron chi connectivity index (χ1n) is 11.0. The molecule has 1 aromatic carbocycles. The van der Waals surface area contributed by atoms with Crippen molar-refractivity contribution in [1.82, 2.24) is 24.7 Å². The van der Waals surface area contributed by atoms with Crippen molar-refractivity contribution in [3.8, 4) is 11.4 Å². The van der Waals surface area contributed by atoms with Gasteiger partial charge in [0.25, 0.3) is 11.1 Å². The molecule has 4 N–H and O–H groups in total. The third-order valence-corrected chi connectivity index (χ3v) is 5.62. The van der Waals surface area contributed by atoms with Crippen LogP contribution in [0.2, 0.25) is 0 Å². The normalized spacial score (nSPS) is 13.4. The predicted octanol–water partition coefficient (Wildman–Crippen LogP) is 3.65. The van der Waals surface area contributed by atoms with Crippen LogP contribution < -0.4 is 22.2 Å². The second kappa shape index (κ2) is 10.1. The molecule has 0 aliphatic carbocycles. The van der Waals surface area contributed by atoms with Gasteiger partial charge in [0.15, 0.2) is 17.5 Å². The van der Waals surface area contributed by atoms with Crippen molar-refractivity contribution in [1.29, 1.82) is 0 Å². The summed E-state index contributed by atoms with van der Waals surface area (Å²) in [7, 11) is 0. The van der Waals surface area contributed by atoms with Gasteiger partial charge in [-0.25, -0.2) is 28.2 Å². The Morgan fingerprint density at radius 1 is 1.16 bits per heavy atom. The first-order chi connectivity index (χ1) is 17.8. The van der Waals surface area contributed by atoms with Crippen LogP contribution in [0.3, 0.4) is 0 Å². The number of alkyl halides is 4. The number of nitrogen functional groups attached to an aromatic ring is 1. The van der Waals surface area contributed by atoms with Gasteiger partial charge in [-0.3, -0.25) is 9.59 Å². The first kappa shape index (κ1) is 26.6. The second-order valence-electron chi connectivity index (χ2n) is 8.48. The van der Waals surface area contributed by atoms with E-state index in [0.29, 0.717) is 0 Å². The number of fused-ring (bicyclic) bond motifs is 1. The highest BCUT2D eigenvalue weighted by atomic mass is 19.4. The molecule has 2 atom stereocenters. The minimum Gasteiger partial charge on any atom is -0.381 e. The van der Waals surface area contributed by atoms with Crippen molar-refractivity contribution in [2.24, 2.45) is 0 Å². The maximum atomic E-state index is 14.8. The van der Waals surface area contributed by atoms with E-state index in [1.807, 2.05) is 0 Å². The standard InChI is InChI=1S/C23H19F6N7O2/c1-10(33-17-8-32-35-21(37)18(17)23(27,28)29)4-12(24)9-36-3-2-11-5-14(15(25)6-13(11)22(36)38)20-31-7-16(26)19(30)34-20/h2-3,5-8,10,12H,4,9H2,1H3,(H2,30,31,34)(H2,33,35,37)/t10-,12-/m0/s1. The van der Waals surface area contributed by atoms with E-state index in [1.54, 1.807) is 5.10 Å². The molecular formula is C23H19F6N7O2. The molecule has 0 aliphatic heterocycles. The number of H-pyrrole nitrogens is 1. The fourth-order valence-electron chi connectivity index (χ4n) is 3.92. The Morgan fingerprint density at radius 2 is 1.89 bits per heavy atom. The van der Waals surface area contributed by atoms with Gasteiger partial charge in [0.05, 0.1) is 35.6 Å². The molecule has 3 heterocycles. The molecule has 0 spiro atoms. The average molecular weight is 539 g/mol. The van der Waals surface area contributed by atoms with Gasteiger partial charge in [-0.05, 0) is 30.5 Å². The van der Waals surface area contributed by atoms with E-state index in [2.05, 4.69) is 20.4 Å². The molecule has 4 aromatic rings. The van der Waals surface area contributed by atoms with E-state index < -0.39 is 64.8 Å². The lowest BCUT2D eigenvalue weighted by Gasteiger charge is -2.20. The Balaban J connectivity index is 1.53. The van der Waals surface area contributed by atoms with Crippen molar-refractivity contribution in [2.75, 3.05) is 11.1 Å². The van der Waals surface area contributed by atoms with Crippen LogP contribution in [0.4, 0.5) is 37.8 Å². The van der Waals surface area contributed by atoms with Crippen LogP contribution in [0, 0.1) is 11.6 Å². The number of benzene rings is 1. The molecule has 38 heavy (non-hydrogen) atoms. The number of aromatic amines is 1. The molecule has 0 radical (unpaired) electrons. The number of nitrogens with zero attached hydrogens (tertiary/aromatic N) is 4. The molecule has 0 unspecified atom stereocenters. The minimum absolute atomic E-state index is 0.0772. The summed E-state index contributed by atoms with van der Waals surface area (Å²) in [5.74, 6) is -2.44. The average Bonchev–Trinajstić information content (AvgIpc) is 2.82. The van der Waals surface area contributed by atoms with Gasteiger partial charge in [-0.15, -0.1) is 0 Å². The van der Waals surface area contributed by atoms with Crippen LogP contribution in [0.15, 0.2) is 46.4 Å². The number of rotatable bonds is 7. The van der Waals surface area contributed by atoms with E-state index in [9.17, 15) is 35.9 Å². The summed E-state index contributed by atoms with van der Waals surface area (Å²) in [6.07, 6.45) is -4.15. The fraction of sp³-hybridized carbons (Fsp3) is 0.261. The molecule has 9 nitrogen and oxygen atoms in total. The second-order valence-corrected chi connectivity index (χ2v) is 8.48. The molecule has 0 bridgehead atoms. The number of pyridine rings is 1. The van der Waals surface area contributed by atoms with Crippen LogP contribution in [-0.4, -0.2) is 36.9 Å². The minimum atomic E-state index is -4.96. The summed E-state index contributed by atoms with van der Waals surface area (Å²) in [4.78, 5) is 31.9. The summed E-state index contributed by atoms with van der Waals surface area (Å²) >= 11 is 0. The molecule has 0 fully saturated rings. The topological polar surface area (TPSA) is 132 Å². The molecule has 0 saturated heterocycles. The summed E-state index contributed by atoms with van der Waals surface area (Å²) in [6.45, 7) is 0.930. The lowest BCUT2D eigenvalue weighted by molar-refractivity contribution is -0.138. The molecule has 200 valence electrons. The van der Waals surface area contributed by atoms with Crippen molar-refractivity contribution in [3.05, 3.63) is 74.7 Å². The lowest BCUT2D eigenvalue weighted by atomic mass is 10.1. The van der Waals surface area contributed by atoms with Crippen LogP contribution >= 0.6 is 0 Å². The number of nitrogens with two attached hydrogens (primary N) is 1. The smallest absolute Gasteiger partial charge is 0.381 e. The van der Waals surface area contributed by atoms with E-state index in [-0.39, 0.29) is 28.6 Å². The van der Waals surface area contributed by atoms with Gasteiger partial charge >= 0.3 is 6.18 Å². The monoisotopic (exact) mass is 539 g/mol. The maximum absolute atomic E-state index is 14.8. The number of anilines is 2. The molecule has 0 aliphatic rings. The van der Waals surface area contributed by atoms with E-state index in [1.165, 1.54) is 25.3 Å². The van der Waals surface area contributed by atoms with Gasteiger partial charge in [0.1, 0.15) is 17.6 Å². The summed E-state index contributed by atoms with van der Waals surface area (Å²) < 4.78 is 83.6. The summed E-state index contributed by atoms with van der Waals surface area (Å²) in [6, 6.07) is 2.74. The number of nitrogens with one attached hydrogen (secondary N) is 2. The Hall–Kier alpha value is -4.43.